The first kappa shape index (κ1) is 19.0. The molecule has 5 nitrogen and oxygen atoms in total. The van der Waals surface area contributed by atoms with Crippen molar-refractivity contribution in [2.24, 2.45) is 0 Å². The first-order valence-corrected chi connectivity index (χ1v) is 9.73. The molecule has 6 heteroatoms. The number of Topliss-reactive ketones (excluding diaryl/α,β-unsaturated/α-hetero) is 1. The number of anilines is 1. The summed E-state index contributed by atoms with van der Waals surface area (Å²) in [6.07, 6.45) is 0. The molecule has 3 rings (SSSR count). The molecule has 0 atom stereocenters. The number of rotatable bonds is 6. The van der Waals surface area contributed by atoms with Gasteiger partial charge in [0.25, 0.3) is 0 Å². The lowest BCUT2D eigenvalue weighted by Crippen LogP contribution is -2.07. The fourth-order valence-corrected chi connectivity index (χ4v) is 3.51. The molecule has 2 aromatic carbocycles. The van der Waals surface area contributed by atoms with E-state index in [1.54, 1.807) is 24.3 Å². The highest BCUT2D eigenvalue weighted by Gasteiger charge is 2.13. The third kappa shape index (κ3) is 4.71. The maximum atomic E-state index is 12.6. The molecule has 138 valence electrons. The normalized spacial score (nSPS) is 11.0. The second kappa shape index (κ2) is 8.31. The van der Waals surface area contributed by atoms with Crippen LogP contribution in [0.15, 0.2) is 53.6 Å². The average molecular weight is 379 g/mol. The Balaban J connectivity index is 1.78. The van der Waals surface area contributed by atoms with E-state index in [0.717, 1.165) is 21.8 Å². The molecular weight excluding hydrogens is 358 g/mol. The zero-order chi connectivity index (χ0) is 19.4. The Morgan fingerprint density at radius 3 is 2.41 bits per heavy atom. The molecule has 0 aliphatic carbocycles. The van der Waals surface area contributed by atoms with Gasteiger partial charge in [-0.15, -0.1) is 0 Å². The quantitative estimate of drug-likeness (QED) is 0.382. The molecule has 0 unspecified atom stereocenters. The van der Waals surface area contributed by atoms with Gasteiger partial charge < -0.3 is 5.32 Å². The molecule has 0 bridgehead atoms. The highest BCUT2D eigenvalue weighted by atomic mass is 32.2. The maximum Gasteiger partial charge on any atom is 0.221 e. The van der Waals surface area contributed by atoms with Crippen LogP contribution in [0.5, 0.6) is 0 Å². The van der Waals surface area contributed by atoms with Crippen LogP contribution in [0.4, 0.5) is 5.69 Å². The number of hydrogen-bond donors (Lipinski definition) is 1. The van der Waals surface area contributed by atoms with E-state index >= 15 is 0 Å². The highest BCUT2D eigenvalue weighted by molar-refractivity contribution is 8.00. The number of amides is 1. The van der Waals surface area contributed by atoms with Crippen molar-refractivity contribution in [2.45, 2.75) is 31.7 Å². The number of fused-ring (bicyclic) bond motifs is 1. The summed E-state index contributed by atoms with van der Waals surface area (Å²) in [5.41, 5.74) is 2.18. The summed E-state index contributed by atoms with van der Waals surface area (Å²) < 4.78 is 0. The van der Waals surface area contributed by atoms with Crippen molar-refractivity contribution < 1.29 is 9.59 Å². The topological polar surface area (TPSA) is 72.0 Å². The lowest BCUT2D eigenvalue weighted by Gasteiger charge is -2.10. The van der Waals surface area contributed by atoms with Gasteiger partial charge in [-0.25, -0.2) is 9.97 Å². The van der Waals surface area contributed by atoms with E-state index in [2.05, 4.69) is 29.1 Å². The number of nitrogens with one attached hydrogen (secondary N) is 1. The van der Waals surface area contributed by atoms with Crippen LogP contribution < -0.4 is 5.32 Å². The summed E-state index contributed by atoms with van der Waals surface area (Å²) >= 11 is 1.43. The first-order chi connectivity index (χ1) is 12.9. The molecule has 1 aromatic heterocycles. The number of thioether (sulfide) groups is 1. The van der Waals surface area contributed by atoms with Gasteiger partial charge in [-0.3, -0.25) is 9.59 Å². The Bertz CT molecular complexity index is 984. The largest absolute Gasteiger partial charge is 0.326 e. The number of nitrogens with zero attached hydrogens (tertiary/aromatic N) is 2. The second-order valence-electron chi connectivity index (χ2n) is 6.53. The standard InChI is InChI=1S/C21H21N3O2S/c1-13(2)20-23-18-7-5-4-6-17(18)21(24-20)27-12-19(26)15-8-10-16(11-9-15)22-14(3)25/h4-11,13H,12H2,1-3H3,(H,22,25). The molecular formula is C21H21N3O2S. The summed E-state index contributed by atoms with van der Waals surface area (Å²) in [5, 5.41) is 4.48. The minimum atomic E-state index is -0.138. The van der Waals surface area contributed by atoms with Crippen LogP contribution in [0.3, 0.4) is 0 Å². The SMILES string of the molecule is CC(=O)Nc1ccc(C(=O)CSc2nc(C(C)C)nc3ccccc23)cc1. The molecule has 0 saturated carbocycles. The molecule has 1 amide bonds. The van der Waals surface area contributed by atoms with Gasteiger partial charge in [0.1, 0.15) is 10.9 Å². The molecule has 0 aliphatic rings. The minimum absolute atomic E-state index is 0.0168. The van der Waals surface area contributed by atoms with Crippen LogP contribution in [0.1, 0.15) is 42.9 Å². The monoisotopic (exact) mass is 379 g/mol. The van der Waals surface area contributed by atoms with E-state index in [1.807, 2.05) is 24.3 Å². The maximum absolute atomic E-state index is 12.6. The fourth-order valence-electron chi connectivity index (χ4n) is 2.59. The highest BCUT2D eigenvalue weighted by Crippen LogP contribution is 2.27. The zero-order valence-electron chi connectivity index (χ0n) is 15.5. The lowest BCUT2D eigenvalue weighted by molar-refractivity contribution is -0.114. The Labute approximate surface area is 162 Å². The van der Waals surface area contributed by atoms with Crippen molar-refractivity contribution in [1.29, 1.82) is 0 Å². The predicted molar refractivity (Wildman–Crippen MR) is 109 cm³/mol. The van der Waals surface area contributed by atoms with Crippen molar-refractivity contribution in [2.75, 3.05) is 11.1 Å². The molecule has 0 fully saturated rings. The van der Waals surface area contributed by atoms with Gasteiger partial charge in [0.05, 0.1) is 11.3 Å². The lowest BCUT2D eigenvalue weighted by atomic mass is 10.1. The van der Waals surface area contributed by atoms with Gasteiger partial charge in [0.15, 0.2) is 5.78 Å². The van der Waals surface area contributed by atoms with Crippen molar-refractivity contribution in [3.63, 3.8) is 0 Å². The van der Waals surface area contributed by atoms with Crippen LogP contribution in [0.2, 0.25) is 0 Å². The number of benzene rings is 2. The Morgan fingerprint density at radius 2 is 1.74 bits per heavy atom. The van der Waals surface area contributed by atoms with Crippen LogP contribution in [0.25, 0.3) is 10.9 Å². The number of hydrogen-bond acceptors (Lipinski definition) is 5. The summed E-state index contributed by atoms with van der Waals surface area (Å²) in [6.45, 7) is 5.56. The molecule has 0 spiro atoms. The van der Waals surface area contributed by atoms with Gasteiger partial charge in [-0.1, -0.05) is 43.8 Å². The van der Waals surface area contributed by atoms with E-state index < -0.39 is 0 Å². The smallest absolute Gasteiger partial charge is 0.221 e. The Morgan fingerprint density at radius 1 is 1.04 bits per heavy atom. The molecule has 1 N–H and O–H groups in total. The number of carbonyl (C=O) groups excluding carboxylic acids is 2. The third-order valence-electron chi connectivity index (χ3n) is 3.97. The molecule has 27 heavy (non-hydrogen) atoms. The molecule has 0 radical (unpaired) electrons. The van der Waals surface area contributed by atoms with Crippen molar-refractivity contribution >= 4 is 40.0 Å². The first-order valence-electron chi connectivity index (χ1n) is 8.74. The minimum Gasteiger partial charge on any atom is -0.326 e. The summed E-state index contributed by atoms with van der Waals surface area (Å²) in [5.74, 6) is 1.16. The predicted octanol–water partition coefficient (Wildman–Crippen LogP) is 4.69. The van der Waals surface area contributed by atoms with Crippen molar-refractivity contribution in [1.82, 2.24) is 9.97 Å². The van der Waals surface area contributed by atoms with E-state index in [-0.39, 0.29) is 23.4 Å². The number of aromatic nitrogens is 2. The second-order valence-corrected chi connectivity index (χ2v) is 7.49. The van der Waals surface area contributed by atoms with E-state index in [0.29, 0.717) is 11.3 Å². The molecule has 0 saturated heterocycles. The van der Waals surface area contributed by atoms with Gasteiger partial charge >= 0.3 is 0 Å². The van der Waals surface area contributed by atoms with Crippen molar-refractivity contribution in [3.05, 3.63) is 59.9 Å². The van der Waals surface area contributed by atoms with E-state index in [9.17, 15) is 9.59 Å². The third-order valence-corrected chi connectivity index (χ3v) is 4.96. The zero-order valence-corrected chi connectivity index (χ0v) is 16.3. The van der Waals surface area contributed by atoms with Gasteiger partial charge in [-0.05, 0) is 30.3 Å². The number of carbonyl (C=O) groups is 2. The molecule has 0 aliphatic heterocycles. The van der Waals surface area contributed by atoms with Crippen LogP contribution >= 0.6 is 11.8 Å². The summed E-state index contributed by atoms with van der Waals surface area (Å²) in [7, 11) is 0. The Kier molecular flexibility index (Phi) is 5.86. The Hall–Kier alpha value is -2.73. The average Bonchev–Trinajstić information content (AvgIpc) is 2.65. The van der Waals surface area contributed by atoms with E-state index in [1.165, 1.54) is 18.7 Å². The van der Waals surface area contributed by atoms with Crippen LogP contribution in [-0.4, -0.2) is 27.4 Å². The number of para-hydroxylation sites is 1. The summed E-state index contributed by atoms with van der Waals surface area (Å²) in [4.78, 5) is 32.9. The van der Waals surface area contributed by atoms with Crippen molar-refractivity contribution in [3.8, 4) is 0 Å². The fraction of sp³-hybridized carbons (Fsp3) is 0.238. The van der Waals surface area contributed by atoms with Crippen LogP contribution in [-0.2, 0) is 4.79 Å². The molecule has 3 aromatic rings. The molecule has 1 heterocycles. The van der Waals surface area contributed by atoms with Crippen LogP contribution in [0, 0.1) is 0 Å². The van der Waals surface area contributed by atoms with Gasteiger partial charge in [-0.2, -0.15) is 0 Å². The number of ketones is 1. The van der Waals surface area contributed by atoms with Gasteiger partial charge in [0.2, 0.25) is 5.91 Å². The van der Waals surface area contributed by atoms with E-state index in [4.69, 9.17) is 0 Å². The van der Waals surface area contributed by atoms with Gasteiger partial charge in [0, 0.05) is 29.5 Å². The summed E-state index contributed by atoms with van der Waals surface area (Å²) in [6, 6.07) is 14.8.